The van der Waals surface area contributed by atoms with E-state index in [2.05, 4.69) is 15.5 Å². The summed E-state index contributed by atoms with van der Waals surface area (Å²) >= 11 is 1.44. The van der Waals surface area contributed by atoms with Gasteiger partial charge in [0.25, 0.3) is 0 Å². The van der Waals surface area contributed by atoms with E-state index in [0.717, 1.165) is 18.0 Å². The largest absolute Gasteiger partial charge is 0.369 e. The number of ether oxygens (including phenoxy) is 1. The van der Waals surface area contributed by atoms with Crippen LogP contribution in [-0.2, 0) is 9.53 Å². The van der Waals surface area contributed by atoms with E-state index in [9.17, 15) is 4.79 Å². The summed E-state index contributed by atoms with van der Waals surface area (Å²) in [6.45, 7) is 9.23. The predicted octanol–water partition coefficient (Wildman–Crippen LogP) is 1.51. The molecule has 2 aliphatic rings. The first-order valence-corrected chi connectivity index (χ1v) is 8.65. The van der Waals surface area contributed by atoms with Crippen molar-refractivity contribution in [3.05, 3.63) is 0 Å². The van der Waals surface area contributed by atoms with Crippen LogP contribution < -0.4 is 0 Å². The van der Waals surface area contributed by atoms with E-state index < -0.39 is 0 Å². The molecule has 1 aliphatic heterocycles. The van der Waals surface area contributed by atoms with Crippen molar-refractivity contribution in [1.82, 2.24) is 25.1 Å². The average Bonchev–Trinajstić information content (AvgIpc) is 3.16. The molecule has 8 heteroatoms. The van der Waals surface area contributed by atoms with E-state index in [1.807, 2.05) is 37.3 Å². The number of morpholine rings is 1. The van der Waals surface area contributed by atoms with Crippen molar-refractivity contribution in [1.29, 1.82) is 0 Å². The maximum Gasteiger partial charge on any atom is 0.236 e. The van der Waals surface area contributed by atoms with Gasteiger partial charge in [0, 0.05) is 13.1 Å². The molecular formula is C14H23N5O2S. The lowest BCUT2D eigenvalue weighted by molar-refractivity contribution is -0.157. The lowest BCUT2D eigenvalue weighted by Gasteiger charge is -2.42. The van der Waals surface area contributed by atoms with Crippen LogP contribution in [0.25, 0.3) is 0 Å². The maximum atomic E-state index is 12.7. The van der Waals surface area contributed by atoms with Gasteiger partial charge in [0.1, 0.15) is 0 Å². The van der Waals surface area contributed by atoms with Crippen molar-refractivity contribution in [3.8, 4) is 0 Å². The smallest absolute Gasteiger partial charge is 0.236 e. The third-order valence-corrected chi connectivity index (χ3v) is 4.90. The van der Waals surface area contributed by atoms with Crippen LogP contribution >= 0.6 is 11.8 Å². The second kappa shape index (κ2) is 5.81. The molecule has 0 aromatic carbocycles. The Balaban J connectivity index is 1.65. The number of hydrogen-bond donors (Lipinski definition) is 0. The fraction of sp³-hybridized carbons (Fsp3) is 0.857. The monoisotopic (exact) mass is 325 g/mol. The lowest BCUT2D eigenvalue weighted by atomic mass is 10.1. The minimum Gasteiger partial charge on any atom is -0.369 e. The fourth-order valence-electron chi connectivity index (χ4n) is 2.90. The summed E-state index contributed by atoms with van der Waals surface area (Å²) in [5, 5.41) is 12.4. The highest BCUT2D eigenvalue weighted by atomic mass is 32.2. The van der Waals surface area contributed by atoms with Crippen molar-refractivity contribution in [2.45, 2.75) is 68.7 Å². The summed E-state index contributed by atoms with van der Waals surface area (Å²) in [5.41, 5.74) is -0.298. The molecule has 2 atom stereocenters. The molecule has 7 nitrogen and oxygen atoms in total. The molecule has 0 radical (unpaired) electrons. The number of thioether (sulfide) groups is 1. The van der Waals surface area contributed by atoms with E-state index in [4.69, 9.17) is 4.74 Å². The number of tetrazole rings is 1. The molecular weight excluding hydrogens is 302 g/mol. The van der Waals surface area contributed by atoms with Gasteiger partial charge in [-0.2, -0.15) is 0 Å². The van der Waals surface area contributed by atoms with Crippen LogP contribution in [0.5, 0.6) is 0 Å². The molecule has 22 heavy (non-hydrogen) atoms. The summed E-state index contributed by atoms with van der Waals surface area (Å²) in [5.74, 6) is 0.124. The first kappa shape index (κ1) is 15.7. The average molecular weight is 325 g/mol. The highest BCUT2D eigenvalue weighted by molar-refractivity contribution is 8.00. The minimum atomic E-state index is -0.298. The SMILES string of the molecule is CC1CN(C(=O)C(C)Sc2nnnn2C2CC2)CC(C)(C)O1. The van der Waals surface area contributed by atoms with Crippen molar-refractivity contribution in [2.75, 3.05) is 13.1 Å². The van der Waals surface area contributed by atoms with Gasteiger partial charge in [-0.25, -0.2) is 4.68 Å². The van der Waals surface area contributed by atoms with Gasteiger partial charge in [0.2, 0.25) is 11.1 Å². The molecule has 2 fully saturated rings. The highest BCUT2D eigenvalue weighted by Crippen LogP contribution is 2.37. The second-order valence-corrected chi connectivity index (χ2v) is 8.11. The van der Waals surface area contributed by atoms with E-state index in [1.165, 1.54) is 11.8 Å². The maximum absolute atomic E-state index is 12.7. The number of carbonyl (C=O) groups is 1. The molecule has 1 amide bonds. The molecule has 1 aromatic rings. The van der Waals surface area contributed by atoms with Crippen LogP contribution in [0.3, 0.4) is 0 Å². The molecule has 1 aromatic heterocycles. The molecule has 122 valence electrons. The second-order valence-electron chi connectivity index (χ2n) is 6.80. The predicted molar refractivity (Wildman–Crippen MR) is 82.6 cm³/mol. The van der Waals surface area contributed by atoms with Gasteiger partial charge < -0.3 is 9.64 Å². The van der Waals surface area contributed by atoms with Crippen molar-refractivity contribution < 1.29 is 9.53 Å². The fourth-order valence-corrected chi connectivity index (χ4v) is 3.84. The van der Waals surface area contributed by atoms with Crippen LogP contribution in [0.15, 0.2) is 5.16 Å². The Morgan fingerprint density at radius 2 is 2.18 bits per heavy atom. The molecule has 0 bridgehead atoms. The zero-order valence-electron chi connectivity index (χ0n) is 13.5. The Bertz CT molecular complexity index is 557. The topological polar surface area (TPSA) is 73.1 Å². The normalized spacial score (nSPS) is 26.0. The first-order valence-electron chi connectivity index (χ1n) is 7.77. The number of rotatable bonds is 4. The Morgan fingerprint density at radius 3 is 2.82 bits per heavy atom. The summed E-state index contributed by atoms with van der Waals surface area (Å²) in [4.78, 5) is 14.6. The van der Waals surface area contributed by atoms with Crippen LogP contribution in [-0.4, -0.2) is 61.1 Å². The highest BCUT2D eigenvalue weighted by Gasteiger charge is 2.36. The van der Waals surface area contributed by atoms with E-state index in [1.54, 1.807) is 0 Å². The molecule has 2 unspecified atom stereocenters. The van der Waals surface area contributed by atoms with Crippen LogP contribution in [0, 0.1) is 0 Å². The molecule has 1 saturated heterocycles. The number of nitrogens with zero attached hydrogens (tertiary/aromatic N) is 5. The Hall–Kier alpha value is -1.15. The molecule has 0 spiro atoms. The van der Waals surface area contributed by atoms with E-state index >= 15 is 0 Å². The van der Waals surface area contributed by atoms with Gasteiger partial charge in [-0.05, 0) is 51.0 Å². The first-order chi connectivity index (χ1) is 10.4. The Labute approximate surface area is 134 Å². The van der Waals surface area contributed by atoms with Gasteiger partial charge in [0.15, 0.2) is 0 Å². The molecule has 1 aliphatic carbocycles. The van der Waals surface area contributed by atoms with Crippen molar-refractivity contribution in [3.63, 3.8) is 0 Å². The van der Waals surface area contributed by atoms with Gasteiger partial charge in [-0.15, -0.1) is 5.10 Å². The zero-order valence-corrected chi connectivity index (χ0v) is 14.3. The van der Waals surface area contributed by atoms with Crippen LogP contribution in [0.4, 0.5) is 0 Å². The van der Waals surface area contributed by atoms with E-state index in [0.29, 0.717) is 19.1 Å². The van der Waals surface area contributed by atoms with Crippen molar-refractivity contribution >= 4 is 17.7 Å². The summed E-state index contributed by atoms with van der Waals surface area (Å²) in [6.07, 6.45) is 2.30. The molecule has 2 heterocycles. The summed E-state index contributed by atoms with van der Waals surface area (Å²) < 4.78 is 7.71. The van der Waals surface area contributed by atoms with E-state index in [-0.39, 0.29) is 22.9 Å². The van der Waals surface area contributed by atoms with Crippen LogP contribution in [0.1, 0.15) is 46.6 Å². The third-order valence-electron chi connectivity index (χ3n) is 3.87. The Kier molecular flexibility index (Phi) is 4.15. The minimum absolute atomic E-state index is 0.0571. The quantitative estimate of drug-likeness (QED) is 0.782. The summed E-state index contributed by atoms with van der Waals surface area (Å²) in [7, 11) is 0. The molecule has 1 saturated carbocycles. The van der Waals surface area contributed by atoms with Crippen LogP contribution in [0.2, 0.25) is 0 Å². The number of hydrogen-bond acceptors (Lipinski definition) is 6. The number of aromatic nitrogens is 4. The van der Waals surface area contributed by atoms with Gasteiger partial charge >= 0.3 is 0 Å². The van der Waals surface area contributed by atoms with Crippen molar-refractivity contribution in [2.24, 2.45) is 0 Å². The number of amides is 1. The van der Waals surface area contributed by atoms with Gasteiger partial charge in [-0.3, -0.25) is 4.79 Å². The van der Waals surface area contributed by atoms with Gasteiger partial charge in [-0.1, -0.05) is 11.8 Å². The standard InChI is InChI=1S/C14H23N5O2S/c1-9-7-18(8-14(3,4)21-9)12(20)10(2)22-13-15-16-17-19(13)11-5-6-11/h9-11H,5-8H2,1-4H3. The molecule has 3 rings (SSSR count). The Morgan fingerprint density at radius 1 is 1.45 bits per heavy atom. The molecule has 0 N–H and O–H groups in total. The number of carbonyl (C=O) groups excluding carboxylic acids is 1. The zero-order chi connectivity index (χ0) is 15.9. The lowest BCUT2D eigenvalue weighted by Crippen LogP contribution is -2.55. The summed E-state index contributed by atoms with van der Waals surface area (Å²) in [6, 6.07) is 0.419. The van der Waals surface area contributed by atoms with Gasteiger partial charge in [0.05, 0.1) is 23.0 Å². The third kappa shape index (κ3) is 3.43.